The normalized spacial score (nSPS) is 14.0. The van der Waals surface area contributed by atoms with Crippen LogP contribution < -0.4 is 10.6 Å². The number of aryl methyl sites for hydroxylation is 1. The number of piperidine rings is 1. The topological polar surface area (TPSA) is 111 Å². The minimum atomic E-state index is -0.255. The van der Waals surface area contributed by atoms with Gasteiger partial charge < -0.3 is 15.6 Å². The minimum absolute atomic E-state index is 0.0122. The molecule has 1 fully saturated rings. The average molecular weight is 560 g/mol. The first-order valence-corrected chi connectivity index (χ1v) is 14.2. The second-order valence-corrected chi connectivity index (χ2v) is 11.1. The van der Waals surface area contributed by atoms with E-state index in [1.54, 1.807) is 24.7 Å². The molecule has 1 aliphatic heterocycles. The number of halogens is 1. The number of pyridine rings is 2. The van der Waals surface area contributed by atoms with E-state index in [4.69, 9.17) is 0 Å². The number of H-pyrrole nitrogens is 2. The van der Waals surface area contributed by atoms with Gasteiger partial charge >= 0.3 is 0 Å². The highest BCUT2D eigenvalue weighted by molar-refractivity contribution is 6.01. The molecular weight excluding hydrogens is 529 g/mol. The minimum Gasteiger partial charge on any atom is -0.353 e. The third kappa shape index (κ3) is 5.14. The number of amides is 1. The van der Waals surface area contributed by atoms with E-state index in [2.05, 4.69) is 35.8 Å². The summed E-state index contributed by atoms with van der Waals surface area (Å²) in [5.74, 6) is 0.167. The van der Waals surface area contributed by atoms with E-state index >= 15 is 0 Å². The molecule has 4 aromatic heterocycles. The van der Waals surface area contributed by atoms with Crippen LogP contribution in [-0.4, -0.2) is 44.1 Å². The largest absolute Gasteiger partial charge is 0.353 e. The van der Waals surface area contributed by atoms with Crippen LogP contribution in [0.15, 0.2) is 73.2 Å². The molecule has 2 aromatic carbocycles. The molecule has 1 amide bonds. The average Bonchev–Trinajstić information content (AvgIpc) is 3.61. The van der Waals surface area contributed by atoms with Crippen molar-refractivity contribution in [3.8, 4) is 33.6 Å². The molecule has 1 aliphatic rings. The van der Waals surface area contributed by atoms with E-state index in [9.17, 15) is 9.18 Å². The Morgan fingerprint density at radius 2 is 1.83 bits per heavy atom. The van der Waals surface area contributed by atoms with Crippen LogP contribution >= 0.6 is 0 Å². The molecule has 6 aromatic rings. The number of aromatic amines is 2. The molecule has 7 rings (SSSR count). The summed E-state index contributed by atoms with van der Waals surface area (Å²) in [7, 11) is 0. The van der Waals surface area contributed by atoms with Crippen LogP contribution in [0.1, 0.15) is 24.8 Å². The number of benzene rings is 2. The summed E-state index contributed by atoms with van der Waals surface area (Å²) < 4.78 is 14.2. The van der Waals surface area contributed by atoms with Crippen molar-refractivity contribution < 1.29 is 9.18 Å². The molecule has 0 atom stereocenters. The molecule has 0 aliphatic carbocycles. The first kappa shape index (κ1) is 26.0. The highest BCUT2D eigenvalue weighted by atomic mass is 19.1. The van der Waals surface area contributed by atoms with Gasteiger partial charge in [-0.1, -0.05) is 18.2 Å². The number of nitrogens with one attached hydrogen (secondary N) is 4. The molecule has 1 saturated heterocycles. The third-order valence-electron chi connectivity index (χ3n) is 7.98. The standard InChI is InChI=1S/C33H30FN7O/c1-19-9-21(12-24(34)10-19)26-3-2-4-29-27(26)15-30(39-29)32-28-14-23(17-37-33(28)41-40-32)22-13-25(18-36-16-22)38-31(42)11-20-5-7-35-8-6-20/h2-4,9-10,12-18,20,35,39H,5-8,11H2,1H3,(H,38,42)(H,37,40,41). The van der Waals surface area contributed by atoms with Gasteiger partial charge in [-0.05, 0) is 91.9 Å². The van der Waals surface area contributed by atoms with Crippen molar-refractivity contribution in [1.29, 1.82) is 0 Å². The van der Waals surface area contributed by atoms with Crippen LogP contribution in [0, 0.1) is 18.7 Å². The van der Waals surface area contributed by atoms with E-state index in [0.717, 1.165) is 81.4 Å². The summed E-state index contributed by atoms with van der Waals surface area (Å²) in [6, 6.07) is 17.0. The number of hydrogen-bond donors (Lipinski definition) is 4. The maximum atomic E-state index is 14.2. The Bertz CT molecular complexity index is 1920. The van der Waals surface area contributed by atoms with E-state index in [1.807, 2.05) is 49.4 Å². The summed E-state index contributed by atoms with van der Waals surface area (Å²) in [6.07, 6.45) is 7.77. The monoisotopic (exact) mass is 559 g/mol. The van der Waals surface area contributed by atoms with Crippen LogP contribution in [0.25, 0.3) is 55.6 Å². The zero-order valence-corrected chi connectivity index (χ0v) is 23.2. The van der Waals surface area contributed by atoms with Gasteiger partial charge in [-0.3, -0.25) is 14.9 Å². The van der Waals surface area contributed by atoms with Gasteiger partial charge in [0.1, 0.15) is 11.5 Å². The van der Waals surface area contributed by atoms with E-state index in [-0.39, 0.29) is 11.7 Å². The fourth-order valence-electron chi connectivity index (χ4n) is 5.92. The molecular formula is C33H30FN7O. The maximum Gasteiger partial charge on any atom is 0.224 e. The molecule has 9 heteroatoms. The molecule has 0 spiro atoms. The van der Waals surface area contributed by atoms with Crippen molar-refractivity contribution in [3.05, 3.63) is 84.6 Å². The quantitative estimate of drug-likeness (QED) is 0.184. The second kappa shape index (κ2) is 10.8. The van der Waals surface area contributed by atoms with Gasteiger partial charge in [-0.2, -0.15) is 5.10 Å². The van der Waals surface area contributed by atoms with Gasteiger partial charge in [-0.15, -0.1) is 0 Å². The Balaban J connectivity index is 1.20. The summed E-state index contributed by atoms with van der Waals surface area (Å²) in [5, 5.41) is 15.8. The first-order valence-electron chi connectivity index (χ1n) is 14.2. The van der Waals surface area contributed by atoms with Crippen LogP contribution in [0.2, 0.25) is 0 Å². The summed E-state index contributed by atoms with van der Waals surface area (Å²) in [4.78, 5) is 25.2. The predicted molar refractivity (Wildman–Crippen MR) is 163 cm³/mol. The van der Waals surface area contributed by atoms with Crippen molar-refractivity contribution in [2.45, 2.75) is 26.2 Å². The SMILES string of the molecule is Cc1cc(F)cc(-c2cccc3[nH]c(-c4n[nH]c5ncc(-c6cncc(NC(=O)CC7CCNCC7)c6)cc45)cc23)c1. The van der Waals surface area contributed by atoms with E-state index in [1.165, 1.54) is 6.07 Å². The van der Waals surface area contributed by atoms with Crippen LogP contribution in [0.4, 0.5) is 10.1 Å². The lowest BCUT2D eigenvalue weighted by atomic mass is 9.94. The molecule has 0 bridgehead atoms. The van der Waals surface area contributed by atoms with Crippen molar-refractivity contribution in [1.82, 2.24) is 30.5 Å². The Morgan fingerprint density at radius 1 is 0.976 bits per heavy atom. The maximum absolute atomic E-state index is 14.2. The van der Waals surface area contributed by atoms with Crippen molar-refractivity contribution in [3.63, 3.8) is 0 Å². The first-order chi connectivity index (χ1) is 20.5. The summed E-state index contributed by atoms with van der Waals surface area (Å²) >= 11 is 0. The number of carbonyl (C=O) groups is 1. The highest BCUT2D eigenvalue weighted by Gasteiger charge is 2.18. The van der Waals surface area contributed by atoms with Gasteiger partial charge in [-0.25, -0.2) is 9.37 Å². The lowest BCUT2D eigenvalue weighted by Gasteiger charge is -2.21. The van der Waals surface area contributed by atoms with Gasteiger partial charge in [0.15, 0.2) is 5.65 Å². The number of hydrogen-bond acceptors (Lipinski definition) is 5. The Kier molecular flexibility index (Phi) is 6.71. The zero-order chi connectivity index (χ0) is 28.6. The fraction of sp³-hybridized carbons (Fsp3) is 0.212. The van der Waals surface area contributed by atoms with Crippen molar-refractivity contribution in [2.75, 3.05) is 18.4 Å². The predicted octanol–water partition coefficient (Wildman–Crippen LogP) is 6.61. The van der Waals surface area contributed by atoms with Gasteiger partial charge in [0.25, 0.3) is 0 Å². The Morgan fingerprint density at radius 3 is 2.69 bits per heavy atom. The molecule has 42 heavy (non-hydrogen) atoms. The molecule has 210 valence electrons. The molecule has 8 nitrogen and oxygen atoms in total. The van der Waals surface area contributed by atoms with Crippen LogP contribution in [-0.2, 0) is 4.79 Å². The number of carbonyl (C=O) groups excluding carboxylic acids is 1. The number of aromatic nitrogens is 5. The summed E-state index contributed by atoms with van der Waals surface area (Å²) in [6.45, 7) is 3.82. The number of anilines is 1. The Labute approximate surface area is 241 Å². The van der Waals surface area contributed by atoms with Crippen molar-refractivity contribution >= 4 is 33.5 Å². The highest BCUT2D eigenvalue weighted by Crippen LogP contribution is 2.35. The molecule has 0 radical (unpaired) electrons. The zero-order valence-electron chi connectivity index (χ0n) is 23.2. The smallest absolute Gasteiger partial charge is 0.224 e. The van der Waals surface area contributed by atoms with Crippen LogP contribution in [0.5, 0.6) is 0 Å². The van der Waals surface area contributed by atoms with E-state index < -0.39 is 0 Å². The fourth-order valence-corrected chi connectivity index (χ4v) is 5.92. The molecule has 5 heterocycles. The van der Waals surface area contributed by atoms with Crippen molar-refractivity contribution in [2.24, 2.45) is 5.92 Å². The Hall–Kier alpha value is -4.89. The van der Waals surface area contributed by atoms with Gasteiger partial charge in [0.05, 0.1) is 17.6 Å². The molecule has 0 saturated carbocycles. The lowest BCUT2D eigenvalue weighted by Crippen LogP contribution is -2.30. The van der Waals surface area contributed by atoms with E-state index in [0.29, 0.717) is 23.7 Å². The second-order valence-electron chi connectivity index (χ2n) is 11.1. The number of nitrogens with zero attached hydrogens (tertiary/aromatic N) is 3. The molecule has 0 unspecified atom stereocenters. The number of fused-ring (bicyclic) bond motifs is 2. The van der Waals surface area contributed by atoms with Crippen LogP contribution in [0.3, 0.4) is 0 Å². The molecule has 4 N–H and O–H groups in total. The van der Waals surface area contributed by atoms with Gasteiger partial charge in [0, 0.05) is 46.2 Å². The summed E-state index contributed by atoms with van der Waals surface area (Å²) in [5.41, 5.74) is 8.16. The number of rotatable bonds is 6. The lowest BCUT2D eigenvalue weighted by molar-refractivity contribution is -0.117. The third-order valence-corrected chi connectivity index (χ3v) is 7.98. The van der Waals surface area contributed by atoms with Gasteiger partial charge in [0.2, 0.25) is 5.91 Å².